The molecular formula is C99H112. The van der Waals surface area contributed by atoms with E-state index in [2.05, 4.69) is 274 Å². The van der Waals surface area contributed by atoms with Crippen LogP contribution in [0, 0.1) is 55.3 Å². The van der Waals surface area contributed by atoms with Crippen molar-refractivity contribution in [2.75, 3.05) is 0 Å². The van der Waals surface area contributed by atoms with Crippen LogP contribution in [0.4, 0.5) is 0 Å². The third-order valence-corrected chi connectivity index (χ3v) is 25.4. The lowest BCUT2D eigenvalue weighted by atomic mass is 9.74. The average Bonchev–Trinajstić information content (AvgIpc) is 1.43. The highest BCUT2D eigenvalue weighted by molar-refractivity contribution is 5.82. The van der Waals surface area contributed by atoms with Gasteiger partial charge in [-0.25, -0.2) is 0 Å². The summed E-state index contributed by atoms with van der Waals surface area (Å²) in [6, 6.07) is 49.9. The molecule has 0 nitrogen and oxygen atoms in total. The minimum atomic E-state index is 0.392. The van der Waals surface area contributed by atoms with Crippen molar-refractivity contribution in [1.82, 2.24) is 0 Å². The first-order chi connectivity index (χ1) is 48.4. The Balaban J connectivity index is 0.000000127. The highest BCUT2D eigenvalue weighted by Crippen LogP contribution is 2.47. The zero-order valence-corrected chi connectivity index (χ0v) is 61.4. The molecule has 0 N–H and O–H groups in total. The number of allylic oxidation sites excluding steroid dienone is 24. The summed E-state index contributed by atoms with van der Waals surface area (Å²) in [6.07, 6.45) is 62.3. The Morgan fingerprint density at radius 3 is 1.21 bits per heavy atom. The van der Waals surface area contributed by atoms with Crippen molar-refractivity contribution >= 4 is 16.7 Å². The molecule has 0 amide bonds. The number of rotatable bonds is 16. The lowest BCUT2D eigenvalue weighted by Gasteiger charge is -2.31. The lowest BCUT2D eigenvalue weighted by Crippen LogP contribution is -2.17. The minimum absolute atomic E-state index is 0.392. The van der Waals surface area contributed by atoms with E-state index in [1.165, 1.54) is 209 Å². The van der Waals surface area contributed by atoms with E-state index in [0.29, 0.717) is 17.8 Å². The van der Waals surface area contributed by atoms with Gasteiger partial charge in [0.05, 0.1) is 0 Å². The van der Waals surface area contributed by atoms with Crippen molar-refractivity contribution in [2.24, 2.45) is 41.4 Å². The second-order valence-corrected chi connectivity index (χ2v) is 32.0. The second kappa shape index (κ2) is 31.4. The molecule has 10 aliphatic rings. The second-order valence-electron chi connectivity index (χ2n) is 32.0. The molecule has 0 saturated heterocycles. The van der Waals surface area contributed by atoms with E-state index >= 15 is 0 Å². The Morgan fingerprint density at radius 1 is 0.333 bits per heavy atom. The van der Waals surface area contributed by atoms with Crippen LogP contribution >= 0.6 is 0 Å². The summed E-state index contributed by atoms with van der Waals surface area (Å²) >= 11 is 0. The van der Waals surface area contributed by atoms with Gasteiger partial charge in [0.2, 0.25) is 0 Å². The molecule has 508 valence electrons. The van der Waals surface area contributed by atoms with Gasteiger partial charge in [0.1, 0.15) is 0 Å². The highest BCUT2D eigenvalue weighted by atomic mass is 14.4. The predicted molar refractivity (Wildman–Crippen MR) is 425 cm³/mol. The van der Waals surface area contributed by atoms with Crippen molar-refractivity contribution in [3.05, 3.63) is 335 Å². The standard InChI is InChI=1S/C35H42.C34H38.C30H32/c1-5-25-12-20-33(27(6-2)22-25)35-21-19-31(32-8-7-9-34(32)35)23-26-10-13-29(14-11-26)30-17-15-28(16-18-30)24(3)4;1-23(2)25-13-15-28(16-14-25)27-11-9-24(10-12-27)21-30-19-20-33(34-8-4-7-32(30)34)31-18-17-26-5-3-6-29(26)22-31;1-21-11-14-26(19-22(21)2)29-18-17-27(28-9-6-10-30(28)29)20-23-12-15-25(16-13-23)24-7-4-3-5-8-24/h7-14,19-22,24,28,30,34H,5-6,15-18,23H2,1-4H3;4,7-12,17-20,22-23,25,28,34H,3,5-6,13-16,21H2,1-2H3;6,9-19,24,30H,3-5,7-8,20H2,1-2H3. The van der Waals surface area contributed by atoms with E-state index in [9.17, 15) is 0 Å². The van der Waals surface area contributed by atoms with Gasteiger partial charge < -0.3 is 0 Å². The van der Waals surface area contributed by atoms with Crippen LogP contribution in [0.5, 0.6) is 0 Å². The molecule has 6 aromatic rings. The largest absolute Gasteiger partial charge is 0.0726 e. The molecule has 0 radical (unpaired) electrons. The van der Waals surface area contributed by atoms with Gasteiger partial charge in [-0.1, -0.05) is 279 Å². The van der Waals surface area contributed by atoms with Crippen molar-refractivity contribution in [3.8, 4) is 0 Å². The molecule has 0 spiro atoms. The zero-order chi connectivity index (χ0) is 67.9. The van der Waals surface area contributed by atoms with Gasteiger partial charge in [0.25, 0.3) is 0 Å². The van der Waals surface area contributed by atoms with Gasteiger partial charge in [-0.05, 0) is 304 Å². The lowest BCUT2D eigenvalue weighted by molar-refractivity contribution is 0.259. The fourth-order valence-corrected chi connectivity index (χ4v) is 18.8. The molecule has 0 bridgehead atoms. The molecule has 0 aromatic heterocycles. The molecule has 3 fully saturated rings. The molecule has 6 aromatic carbocycles. The van der Waals surface area contributed by atoms with Crippen molar-refractivity contribution in [2.45, 2.75) is 208 Å². The maximum Gasteiger partial charge on any atom is 0.0281 e. The van der Waals surface area contributed by atoms with Gasteiger partial charge in [0.15, 0.2) is 0 Å². The van der Waals surface area contributed by atoms with Crippen LogP contribution in [0.2, 0.25) is 0 Å². The SMILES string of the molecule is CC(C)C1CCC(c2ccc(CC3=CC=C(c4ccc5c(c4)CCC5)C4C=CC=C34)cc2)CC1.CCc1ccc(C2=CC=C(Cc3ccc(C4CCC(C(C)C)CC4)cc3)C3=CC=CC32)c(CC)c1.Cc1ccc(C2=CC=C(Cc3ccc(C4CCCCC4)cc3)C3=CC=CC32)cc1C. The van der Waals surface area contributed by atoms with Crippen molar-refractivity contribution in [3.63, 3.8) is 0 Å². The third-order valence-electron chi connectivity index (χ3n) is 25.4. The summed E-state index contributed by atoms with van der Waals surface area (Å²) in [5.74, 6) is 7.06. The maximum atomic E-state index is 2.46. The van der Waals surface area contributed by atoms with Crippen LogP contribution in [0.3, 0.4) is 0 Å². The molecule has 3 saturated carbocycles. The van der Waals surface area contributed by atoms with Crippen molar-refractivity contribution in [1.29, 1.82) is 0 Å². The molecule has 0 heteroatoms. The molecule has 99 heavy (non-hydrogen) atoms. The van der Waals surface area contributed by atoms with Crippen LogP contribution < -0.4 is 0 Å². The zero-order valence-electron chi connectivity index (χ0n) is 61.4. The van der Waals surface area contributed by atoms with Crippen LogP contribution in [0.1, 0.15) is 233 Å². The van der Waals surface area contributed by atoms with Gasteiger partial charge in [0, 0.05) is 17.8 Å². The third kappa shape index (κ3) is 15.6. The fourth-order valence-electron chi connectivity index (χ4n) is 18.8. The van der Waals surface area contributed by atoms with E-state index in [0.717, 1.165) is 73.5 Å². The summed E-state index contributed by atoms with van der Waals surface area (Å²) in [5.41, 5.74) is 35.1. The smallest absolute Gasteiger partial charge is 0.0281 e. The summed E-state index contributed by atoms with van der Waals surface area (Å²) in [6.45, 7) is 18.5. The average molecular weight is 1300 g/mol. The minimum Gasteiger partial charge on any atom is -0.0726 e. The molecule has 0 aliphatic heterocycles. The van der Waals surface area contributed by atoms with Gasteiger partial charge in [-0.2, -0.15) is 0 Å². The molecule has 3 atom stereocenters. The Kier molecular flexibility index (Phi) is 21.7. The van der Waals surface area contributed by atoms with Crippen LogP contribution in [0.15, 0.2) is 252 Å². The van der Waals surface area contributed by atoms with E-state index in [4.69, 9.17) is 0 Å². The van der Waals surface area contributed by atoms with E-state index in [1.54, 1.807) is 27.8 Å². The summed E-state index contributed by atoms with van der Waals surface area (Å²) < 4.78 is 0. The molecule has 10 aliphatic carbocycles. The molecular weight excluding hydrogens is 1190 g/mol. The van der Waals surface area contributed by atoms with E-state index in [-0.39, 0.29) is 0 Å². The summed E-state index contributed by atoms with van der Waals surface area (Å²) in [5, 5.41) is 0. The highest BCUT2D eigenvalue weighted by Gasteiger charge is 2.32. The molecule has 0 heterocycles. The Hall–Kier alpha value is -7.80. The molecule has 16 rings (SSSR count). The van der Waals surface area contributed by atoms with Gasteiger partial charge in [-0.3, -0.25) is 0 Å². The van der Waals surface area contributed by atoms with Crippen LogP contribution in [-0.4, -0.2) is 0 Å². The van der Waals surface area contributed by atoms with Gasteiger partial charge in [-0.15, -0.1) is 0 Å². The maximum absolute atomic E-state index is 2.46. The first-order valence-corrected chi connectivity index (χ1v) is 39.4. The number of fused-ring (bicyclic) bond motifs is 4. The van der Waals surface area contributed by atoms with E-state index in [1.807, 2.05) is 0 Å². The first kappa shape index (κ1) is 68.3. The number of hydrogen-bond donors (Lipinski definition) is 0. The van der Waals surface area contributed by atoms with Crippen molar-refractivity contribution < 1.29 is 0 Å². The summed E-state index contributed by atoms with van der Waals surface area (Å²) in [4.78, 5) is 0. The molecule has 3 unspecified atom stereocenters. The number of hydrogen-bond acceptors (Lipinski definition) is 0. The number of aryl methyl sites for hydroxylation is 6. The Morgan fingerprint density at radius 2 is 0.758 bits per heavy atom. The normalized spacial score (nSPS) is 23.6. The Bertz CT molecular complexity index is 4260. The topological polar surface area (TPSA) is 0 Å². The summed E-state index contributed by atoms with van der Waals surface area (Å²) in [7, 11) is 0. The number of benzene rings is 6. The fraction of sp³-hybridized carbons (Fsp3) is 0.394. The quantitative estimate of drug-likeness (QED) is 0.0906. The first-order valence-electron chi connectivity index (χ1n) is 39.4. The van der Waals surface area contributed by atoms with Crippen LogP contribution in [0.25, 0.3) is 16.7 Å². The van der Waals surface area contributed by atoms with Gasteiger partial charge >= 0.3 is 0 Å². The van der Waals surface area contributed by atoms with Crippen LogP contribution in [-0.2, 0) is 44.9 Å². The Labute approximate surface area is 597 Å². The van der Waals surface area contributed by atoms with E-state index < -0.39 is 0 Å². The monoisotopic (exact) mass is 1300 g/mol. The predicted octanol–water partition coefficient (Wildman–Crippen LogP) is 26.2.